The number of primary amides is 1. The molecule has 180 valence electrons. The zero-order chi connectivity index (χ0) is 25.3. The molecule has 5 aromatic rings. The summed E-state index contributed by atoms with van der Waals surface area (Å²) in [5.74, 6) is -0.510. The van der Waals surface area contributed by atoms with Crippen molar-refractivity contribution in [1.29, 1.82) is 0 Å². The fraction of sp³-hybridized carbons (Fsp3) is 0.0938. The predicted octanol–water partition coefficient (Wildman–Crippen LogP) is 5.48. The minimum atomic E-state index is -1.16. The van der Waals surface area contributed by atoms with E-state index in [1.54, 1.807) is 17.1 Å². The Morgan fingerprint density at radius 1 is 0.757 bits per heavy atom. The predicted molar refractivity (Wildman–Crippen MR) is 148 cm³/mol. The first-order valence-electron chi connectivity index (χ1n) is 12.3. The molecule has 0 saturated carbocycles. The SMILES string of the molecule is NC(=O)C(n1ncc2ccccc21)C1(C(c2ccccc2)(c2ccccc2)c2ccccc2)C=CC=N1. The quantitative estimate of drug-likeness (QED) is 0.312. The number of fused-ring (bicyclic) bond motifs is 1. The highest BCUT2D eigenvalue weighted by Crippen LogP contribution is 2.55. The van der Waals surface area contributed by atoms with Gasteiger partial charge in [0.2, 0.25) is 5.91 Å². The van der Waals surface area contributed by atoms with Crippen LogP contribution in [-0.4, -0.2) is 27.4 Å². The van der Waals surface area contributed by atoms with E-state index < -0.39 is 22.9 Å². The molecule has 1 aliphatic heterocycles. The molecule has 37 heavy (non-hydrogen) atoms. The first kappa shape index (κ1) is 22.7. The Labute approximate surface area is 215 Å². The molecule has 2 unspecified atom stereocenters. The second-order valence-corrected chi connectivity index (χ2v) is 9.26. The van der Waals surface area contributed by atoms with Crippen molar-refractivity contribution in [2.45, 2.75) is 17.0 Å². The van der Waals surface area contributed by atoms with E-state index in [-0.39, 0.29) is 0 Å². The highest BCUT2D eigenvalue weighted by atomic mass is 16.1. The molecule has 4 aromatic carbocycles. The number of carbonyl (C=O) groups is 1. The number of amides is 1. The fourth-order valence-corrected chi connectivity index (χ4v) is 5.97. The number of rotatable bonds is 7. The molecular weight excluding hydrogens is 456 g/mol. The van der Waals surface area contributed by atoms with Gasteiger partial charge in [-0.3, -0.25) is 9.79 Å². The van der Waals surface area contributed by atoms with Gasteiger partial charge in [0.15, 0.2) is 6.04 Å². The van der Waals surface area contributed by atoms with E-state index in [1.165, 1.54) is 0 Å². The van der Waals surface area contributed by atoms with Crippen molar-refractivity contribution in [1.82, 2.24) is 9.78 Å². The number of hydrogen-bond donors (Lipinski definition) is 1. The molecule has 0 bridgehead atoms. The summed E-state index contributed by atoms with van der Waals surface area (Å²) in [7, 11) is 0. The lowest BCUT2D eigenvalue weighted by atomic mass is 9.55. The summed E-state index contributed by atoms with van der Waals surface area (Å²) in [4.78, 5) is 18.8. The van der Waals surface area contributed by atoms with Gasteiger partial charge >= 0.3 is 0 Å². The first-order chi connectivity index (χ1) is 18.2. The lowest BCUT2D eigenvalue weighted by Gasteiger charge is -2.50. The van der Waals surface area contributed by atoms with E-state index >= 15 is 0 Å². The number of aromatic nitrogens is 2. The normalized spacial score (nSPS) is 17.7. The Morgan fingerprint density at radius 2 is 1.27 bits per heavy atom. The van der Waals surface area contributed by atoms with Crippen LogP contribution in [0.1, 0.15) is 22.7 Å². The summed E-state index contributed by atoms with van der Waals surface area (Å²) in [6.07, 6.45) is 7.47. The Hall–Kier alpha value is -4.77. The molecule has 0 aliphatic carbocycles. The van der Waals surface area contributed by atoms with Gasteiger partial charge in [0.1, 0.15) is 5.54 Å². The average Bonchev–Trinajstić information content (AvgIpc) is 3.60. The van der Waals surface area contributed by atoms with Gasteiger partial charge in [0.25, 0.3) is 0 Å². The molecule has 2 N–H and O–H groups in total. The van der Waals surface area contributed by atoms with Crippen LogP contribution in [0, 0.1) is 0 Å². The summed E-state index contributed by atoms with van der Waals surface area (Å²) in [5, 5.41) is 5.64. The van der Waals surface area contributed by atoms with E-state index in [0.29, 0.717) is 0 Å². The van der Waals surface area contributed by atoms with Gasteiger partial charge in [0, 0.05) is 11.6 Å². The Balaban J connectivity index is 1.78. The molecule has 0 spiro atoms. The van der Waals surface area contributed by atoms with E-state index in [1.807, 2.05) is 91.0 Å². The first-order valence-corrected chi connectivity index (χ1v) is 12.3. The Kier molecular flexibility index (Phi) is 5.53. The molecule has 2 atom stereocenters. The summed E-state index contributed by atoms with van der Waals surface area (Å²) in [6, 6.07) is 37.6. The van der Waals surface area contributed by atoms with Gasteiger partial charge in [0.05, 0.1) is 17.1 Å². The van der Waals surface area contributed by atoms with Crippen LogP contribution < -0.4 is 5.73 Å². The molecule has 6 rings (SSSR count). The maximum Gasteiger partial charge on any atom is 0.245 e. The third-order valence-electron chi connectivity index (χ3n) is 7.38. The summed E-state index contributed by atoms with van der Waals surface area (Å²) >= 11 is 0. The minimum Gasteiger partial charge on any atom is -0.368 e. The zero-order valence-corrected chi connectivity index (χ0v) is 20.2. The molecule has 0 saturated heterocycles. The van der Waals surface area contributed by atoms with Crippen molar-refractivity contribution in [3.05, 3.63) is 150 Å². The fourth-order valence-electron chi connectivity index (χ4n) is 5.97. The van der Waals surface area contributed by atoms with E-state index in [0.717, 1.165) is 27.6 Å². The van der Waals surface area contributed by atoms with Gasteiger partial charge < -0.3 is 5.73 Å². The molecule has 0 fully saturated rings. The molecule has 2 heterocycles. The second kappa shape index (κ2) is 9.03. The van der Waals surface area contributed by atoms with Crippen LogP contribution in [-0.2, 0) is 10.2 Å². The number of para-hydroxylation sites is 1. The van der Waals surface area contributed by atoms with Crippen molar-refractivity contribution < 1.29 is 4.79 Å². The Morgan fingerprint density at radius 3 is 1.76 bits per heavy atom. The average molecular weight is 483 g/mol. The van der Waals surface area contributed by atoms with Gasteiger partial charge in [-0.1, -0.05) is 115 Å². The van der Waals surface area contributed by atoms with Crippen molar-refractivity contribution >= 4 is 23.0 Å². The number of carbonyl (C=O) groups excluding carboxylic acids is 1. The maximum atomic E-state index is 13.6. The number of nitrogens with zero attached hydrogens (tertiary/aromatic N) is 3. The topological polar surface area (TPSA) is 73.3 Å². The lowest BCUT2D eigenvalue weighted by molar-refractivity contribution is -0.123. The number of nitrogens with two attached hydrogens (primary N) is 1. The largest absolute Gasteiger partial charge is 0.368 e. The molecule has 5 nitrogen and oxygen atoms in total. The summed E-state index contributed by atoms with van der Waals surface area (Å²) in [6.45, 7) is 0. The monoisotopic (exact) mass is 482 g/mol. The highest BCUT2D eigenvalue weighted by Gasteiger charge is 2.61. The van der Waals surface area contributed by atoms with Crippen LogP contribution >= 0.6 is 0 Å². The Bertz CT molecular complexity index is 1500. The lowest BCUT2D eigenvalue weighted by Crippen LogP contribution is -2.58. The van der Waals surface area contributed by atoms with Crippen molar-refractivity contribution in [3.63, 3.8) is 0 Å². The second-order valence-electron chi connectivity index (χ2n) is 9.26. The smallest absolute Gasteiger partial charge is 0.245 e. The van der Waals surface area contributed by atoms with Crippen LogP contribution in [0.4, 0.5) is 0 Å². The third kappa shape index (κ3) is 3.35. The van der Waals surface area contributed by atoms with Crippen molar-refractivity contribution in [2.24, 2.45) is 10.7 Å². The standard InChI is InChI=1S/C32H26N4O/c33-30(37)29(36-28-20-11-10-13-24(28)23-35-36)31(21-12-22-34-31)32(25-14-4-1-5-15-25,26-16-6-2-7-17-26)27-18-8-3-9-19-27/h1-23,29H,(H2,33,37). The van der Waals surface area contributed by atoms with E-state index in [2.05, 4.69) is 36.4 Å². The number of allylic oxidation sites excluding steroid dienone is 1. The van der Waals surface area contributed by atoms with Crippen molar-refractivity contribution in [2.75, 3.05) is 0 Å². The summed E-state index contributed by atoms with van der Waals surface area (Å²) in [5.41, 5.74) is 8.06. The molecule has 1 amide bonds. The number of benzene rings is 4. The van der Waals surface area contributed by atoms with E-state index in [4.69, 9.17) is 15.8 Å². The van der Waals surface area contributed by atoms with Crippen molar-refractivity contribution in [3.8, 4) is 0 Å². The van der Waals surface area contributed by atoms with Gasteiger partial charge in [-0.25, -0.2) is 4.68 Å². The molecular formula is C32H26N4O. The van der Waals surface area contributed by atoms with Gasteiger partial charge in [-0.05, 0) is 28.8 Å². The zero-order valence-electron chi connectivity index (χ0n) is 20.2. The maximum absolute atomic E-state index is 13.6. The van der Waals surface area contributed by atoms with Gasteiger partial charge in [-0.15, -0.1) is 0 Å². The van der Waals surface area contributed by atoms with E-state index in [9.17, 15) is 4.79 Å². The number of hydrogen-bond acceptors (Lipinski definition) is 3. The minimum absolute atomic E-state index is 0.510. The van der Waals surface area contributed by atoms with Crippen LogP contribution in [0.25, 0.3) is 10.9 Å². The van der Waals surface area contributed by atoms with Crippen LogP contribution in [0.5, 0.6) is 0 Å². The van der Waals surface area contributed by atoms with Crippen LogP contribution in [0.15, 0.2) is 139 Å². The highest BCUT2D eigenvalue weighted by molar-refractivity contribution is 5.89. The molecule has 1 aromatic heterocycles. The molecule has 1 aliphatic rings. The number of aliphatic imine (C=N–C) groups is 1. The van der Waals surface area contributed by atoms with Crippen LogP contribution in [0.3, 0.4) is 0 Å². The molecule has 5 heteroatoms. The molecule has 0 radical (unpaired) electrons. The summed E-state index contributed by atoms with van der Waals surface area (Å²) < 4.78 is 1.74. The third-order valence-corrected chi connectivity index (χ3v) is 7.38. The van der Waals surface area contributed by atoms with Crippen LogP contribution in [0.2, 0.25) is 0 Å². The van der Waals surface area contributed by atoms with Gasteiger partial charge in [-0.2, -0.15) is 5.10 Å².